The van der Waals surface area contributed by atoms with E-state index in [4.69, 9.17) is 5.73 Å². The number of rotatable bonds is 5. The number of nitrogens with two attached hydrogens (primary N) is 1. The number of carbonyl (C=O) groups is 1. The minimum absolute atomic E-state index is 0.00654. The van der Waals surface area contributed by atoms with Crippen LogP contribution in [0.2, 0.25) is 0 Å². The minimum Gasteiger partial charge on any atom is -0.485 e. The highest BCUT2D eigenvalue weighted by Gasteiger charge is 2.41. The predicted octanol–water partition coefficient (Wildman–Crippen LogP) is 2.33. The largest absolute Gasteiger partial charge is 0.485 e. The molecule has 0 aliphatic carbocycles. The first-order valence-electron chi connectivity index (χ1n) is 5.04. The normalized spacial score (nSPS) is 11.5. The molecule has 0 fully saturated rings. The summed E-state index contributed by atoms with van der Waals surface area (Å²) in [4.78, 5) is 11.2. The SMILES string of the molecule is COC(=O)c1ccc(N)c(OCC(F)(F)C(F)F)c1. The van der Waals surface area contributed by atoms with Gasteiger partial charge in [0.05, 0.1) is 18.4 Å². The van der Waals surface area contributed by atoms with Crippen LogP contribution in [0.25, 0.3) is 0 Å². The number of alkyl halides is 4. The van der Waals surface area contributed by atoms with Crippen LogP contribution in [0, 0.1) is 0 Å². The van der Waals surface area contributed by atoms with Gasteiger partial charge in [-0.1, -0.05) is 0 Å². The monoisotopic (exact) mass is 281 g/mol. The van der Waals surface area contributed by atoms with Crippen molar-refractivity contribution >= 4 is 11.7 Å². The Morgan fingerprint density at radius 2 is 2.05 bits per heavy atom. The number of hydrogen-bond acceptors (Lipinski definition) is 4. The van der Waals surface area contributed by atoms with E-state index in [1.165, 1.54) is 12.1 Å². The molecule has 0 amide bonds. The number of halogens is 4. The highest BCUT2D eigenvalue weighted by Crippen LogP contribution is 2.28. The van der Waals surface area contributed by atoms with E-state index in [0.29, 0.717) is 0 Å². The molecule has 0 aromatic heterocycles. The van der Waals surface area contributed by atoms with Crippen molar-refractivity contribution in [1.82, 2.24) is 0 Å². The third-order valence-corrected chi connectivity index (χ3v) is 2.17. The van der Waals surface area contributed by atoms with Gasteiger partial charge in [0.25, 0.3) is 0 Å². The van der Waals surface area contributed by atoms with Crippen molar-refractivity contribution in [1.29, 1.82) is 0 Å². The summed E-state index contributed by atoms with van der Waals surface area (Å²) in [5.41, 5.74) is 5.38. The summed E-state index contributed by atoms with van der Waals surface area (Å²) in [6, 6.07) is 3.56. The molecule has 4 nitrogen and oxygen atoms in total. The second-order valence-corrected chi connectivity index (χ2v) is 3.59. The fourth-order valence-corrected chi connectivity index (χ4v) is 1.14. The molecular formula is C11H11F4NO3. The zero-order valence-corrected chi connectivity index (χ0v) is 9.83. The Kier molecular flexibility index (Phi) is 4.57. The van der Waals surface area contributed by atoms with Crippen molar-refractivity contribution in [2.45, 2.75) is 12.3 Å². The summed E-state index contributed by atoms with van der Waals surface area (Å²) in [5.74, 6) is -5.32. The van der Waals surface area contributed by atoms with E-state index in [-0.39, 0.29) is 17.0 Å². The molecule has 0 spiro atoms. The van der Waals surface area contributed by atoms with E-state index >= 15 is 0 Å². The smallest absolute Gasteiger partial charge is 0.340 e. The van der Waals surface area contributed by atoms with Crippen LogP contribution in [0.3, 0.4) is 0 Å². The summed E-state index contributed by atoms with van der Waals surface area (Å²) < 4.78 is 58.2. The third kappa shape index (κ3) is 3.73. The Morgan fingerprint density at radius 1 is 1.42 bits per heavy atom. The Hall–Kier alpha value is -1.99. The van der Waals surface area contributed by atoms with E-state index in [9.17, 15) is 22.4 Å². The van der Waals surface area contributed by atoms with Crippen LogP contribution >= 0.6 is 0 Å². The Bertz CT molecular complexity index is 465. The van der Waals surface area contributed by atoms with Crippen molar-refractivity contribution in [3.05, 3.63) is 23.8 Å². The van der Waals surface area contributed by atoms with Gasteiger partial charge < -0.3 is 15.2 Å². The fraction of sp³-hybridized carbons (Fsp3) is 0.364. The van der Waals surface area contributed by atoms with Gasteiger partial charge in [-0.2, -0.15) is 8.78 Å². The van der Waals surface area contributed by atoms with Crippen LogP contribution < -0.4 is 10.5 Å². The first-order valence-corrected chi connectivity index (χ1v) is 5.04. The van der Waals surface area contributed by atoms with Gasteiger partial charge in [0.2, 0.25) is 0 Å². The minimum atomic E-state index is -4.30. The second-order valence-electron chi connectivity index (χ2n) is 3.59. The second kappa shape index (κ2) is 5.77. The summed E-state index contributed by atoms with van der Waals surface area (Å²) in [6.07, 6.45) is -3.85. The molecule has 0 atom stereocenters. The number of anilines is 1. The zero-order valence-electron chi connectivity index (χ0n) is 9.83. The lowest BCUT2D eigenvalue weighted by Crippen LogP contribution is -2.33. The number of esters is 1. The molecule has 19 heavy (non-hydrogen) atoms. The molecular weight excluding hydrogens is 270 g/mol. The topological polar surface area (TPSA) is 61.5 Å². The van der Waals surface area contributed by atoms with Crippen molar-refractivity contribution in [3.63, 3.8) is 0 Å². The molecule has 0 aliphatic rings. The van der Waals surface area contributed by atoms with Gasteiger partial charge >= 0.3 is 18.3 Å². The Balaban J connectivity index is 2.86. The number of nitrogen functional groups attached to an aromatic ring is 1. The number of hydrogen-bond donors (Lipinski definition) is 1. The molecule has 8 heteroatoms. The lowest BCUT2D eigenvalue weighted by atomic mass is 10.2. The van der Waals surface area contributed by atoms with Gasteiger partial charge in [0.1, 0.15) is 5.75 Å². The molecule has 0 aliphatic heterocycles. The predicted molar refractivity (Wildman–Crippen MR) is 58.6 cm³/mol. The average molecular weight is 281 g/mol. The van der Waals surface area contributed by atoms with Crippen molar-refractivity contribution in [2.75, 3.05) is 19.5 Å². The van der Waals surface area contributed by atoms with Crippen LogP contribution in [0.15, 0.2) is 18.2 Å². The van der Waals surface area contributed by atoms with E-state index in [1.54, 1.807) is 0 Å². The van der Waals surface area contributed by atoms with E-state index in [1.807, 2.05) is 0 Å². The Morgan fingerprint density at radius 3 is 2.58 bits per heavy atom. The molecule has 2 N–H and O–H groups in total. The fourth-order valence-electron chi connectivity index (χ4n) is 1.14. The highest BCUT2D eigenvalue weighted by molar-refractivity contribution is 5.90. The van der Waals surface area contributed by atoms with Crippen LogP contribution in [0.5, 0.6) is 5.75 Å². The maximum Gasteiger partial charge on any atom is 0.340 e. The maximum absolute atomic E-state index is 12.7. The number of carbonyl (C=O) groups excluding carboxylic acids is 1. The molecule has 0 saturated carbocycles. The lowest BCUT2D eigenvalue weighted by Gasteiger charge is -2.17. The van der Waals surface area contributed by atoms with Gasteiger partial charge in [-0.05, 0) is 18.2 Å². The first-order chi connectivity index (χ1) is 8.77. The van der Waals surface area contributed by atoms with Crippen LogP contribution in [0.1, 0.15) is 10.4 Å². The van der Waals surface area contributed by atoms with Crippen LogP contribution in [-0.2, 0) is 4.74 Å². The van der Waals surface area contributed by atoms with Gasteiger partial charge in [-0.15, -0.1) is 0 Å². The lowest BCUT2D eigenvalue weighted by molar-refractivity contribution is -0.148. The molecule has 0 heterocycles. The van der Waals surface area contributed by atoms with Gasteiger partial charge in [0, 0.05) is 0 Å². The van der Waals surface area contributed by atoms with Crippen molar-refractivity contribution in [3.8, 4) is 5.75 Å². The van der Waals surface area contributed by atoms with Crippen LogP contribution in [-0.4, -0.2) is 32.0 Å². The molecule has 1 rings (SSSR count). The number of benzene rings is 1. The van der Waals surface area contributed by atoms with Crippen molar-refractivity contribution in [2.24, 2.45) is 0 Å². The van der Waals surface area contributed by atoms with Crippen molar-refractivity contribution < 1.29 is 31.8 Å². The maximum atomic E-state index is 12.7. The summed E-state index contributed by atoms with van der Waals surface area (Å²) in [7, 11) is 1.13. The van der Waals surface area contributed by atoms with Gasteiger partial charge in [0.15, 0.2) is 6.61 Å². The quantitative estimate of drug-likeness (QED) is 0.511. The third-order valence-electron chi connectivity index (χ3n) is 2.17. The number of methoxy groups -OCH3 is 1. The van der Waals surface area contributed by atoms with E-state index in [0.717, 1.165) is 13.2 Å². The first kappa shape index (κ1) is 15.1. The van der Waals surface area contributed by atoms with Gasteiger partial charge in [-0.25, -0.2) is 13.6 Å². The van der Waals surface area contributed by atoms with Gasteiger partial charge in [-0.3, -0.25) is 0 Å². The van der Waals surface area contributed by atoms with E-state index in [2.05, 4.69) is 9.47 Å². The standard InChI is InChI=1S/C11H11F4NO3/c1-18-9(17)6-2-3-7(16)8(4-6)19-5-11(14,15)10(12)13/h2-4,10H,5,16H2,1H3. The summed E-state index contributed by atoms with van der Waals surface area (Å²) in [6.45, 7) is -1.54. The molecule has 0 bridgehead atoms. The molecule has 0 saturated heterocycles. The average Bonchev–Trinajstić information content (AvgIpc) is 2.36. The molecule has 0 unspecified atom stereocenters. The van der Waals surface area contributed by atoms with E-state index < -0.39 is 24.9 Å². The number of ether oxygens (including phenoxy) is 2. The molecule has 1 aromatic carbocycles. The summed E-state index contributed by atoms with van der Waals surface area (Å²) >= 11 is 0. The zero-order chi connectivity index (χ0) is 14.6. The molecule has 0 radical (unpaired) electrons. The molecule has 106 valence electrons. The van der Waals surface area contributed by atoms with Crippen LogP contribution in [0.4, 0.5) is 23.2 Å². The Labute approximate surface area is 106 Å². The summed E-state index contributed by atoms with van der Waals surface area (Å²) in [5, 5.41) is 0. The highest BCUT2D eigenvalue weighted by atomic mass is 19.3. The molecule has 1 aromatic rings.